The van der Waals surface area contributed by atoms with Crippen molar-refractivity contribution in [3.05, 3.63) is 34.6 Å². The molecule has 0 radical (unpaired) electrons. The Balaban J connectivity index is 2.18. The van der Waals surface area contributed by atoms with Crippen LogP contribution in [0.15, 0.2) is 18.3 Å². The highest BCUT2D eigenvalue weighted by molar-refractivity contribution is 6.32. The SMILES string of the molecule is O=C(O)c1cnc2nc(C3CC3)c(Cl)cc2c1. The van der Waals surface area contributed by atoms with E-state index in [0.29, 0.717) is 22.0 Å². The first-order chi connectivity index (χ1) is 8.15. The second-order valence-electron chi connectivity index (χ2n) is 4.21. The quantitative estimate of drug-likeness (QED) is 0.888. The molecule has 3 rings (SSSR count). The number of hydrogen-bond donors (Lipinski definition) is 1. The topological polar surface area (TPSA) is 63.1 Å². The number of aromatic carboxylic acids is 1. The van der Waals surface area contributed by atoms with Gasteiger partial charge in [-0.1, -0.05) is 11.6 Å². The van der Waals surface area contributed by atoms with Crippen molar-refractivity contribution in [2.24, 2.45) is 0 Å². The molecule has 1 N–H and O–H groups in total. The number of pyridine rings is 2. The van der Waals surface area contributed by atoms with Crippen LogP contribution in [0.3, 0.4) is 0 Å². The number of carbonyl (C=O) groups is 1. The number of carboxylic acids is 1. The molecule has 0 spiro atoms. The van der Waals surface area contributed by atoms with Gasteiger partial charge in [-0.15, -0.1) is 0 Å². The van der Waals surface area contributed by atoms with Crippen molar-refractivity contribution in [1.82, 2.24) is 9.97 Å². The van der Waals surface area contributed by atoms with E-state index in [0.717, 1.165) is 18.5 Å². The largest absolute Gasteiger partial charge is 0.478 e. The number of fused-ring (bicyclic) bond motifs is 1. The van der Waals surface area contributed by atoms with Crippen LogP contribution in [0, 0.1) is 0 Å². The molecule has 1 aliphatic rings. The lowest BCUT2D eigenvalue weighted by molar-refractivity contribution is 0.0696. The van der Waals surface area contributed by atoms with Crippen LogP contribution < -0.4 is 0 Å². The average Bonchev–Trinajstić information content (AvgIpc) is 3.11. The highest BCUT2D eigenvalue weighted by atomic mass is 35.5. The summed E-state index contributed by atoms with van der Waals surface area (Å²) in [5.41, 5.74) is 1.59. The molecule has 2 heterocycles. The van der Waals surface area contributed by atoms with Gasteiger partial charge in [0.15, 0.2) is 5.65 Å². The molecular weight excluding hydrogens is 240 g/mol. The summed E-state index contributed by atoms with van der Waals surface area (Å²) in [5.74, 6) is -0.547. The fourth-order valence-corrected chi connectivity index (χ4v) is 2.13. The second kappa shape index (κ2) is 3.67. The van der Waals surface area contributed by atoms with Gasteiger partial charge in [-0.05, 0) is 25.0 Å². The van der Waals surface area contributed by atoms with E-state index in [1.807, 2.05) is 0 Å². The Morgan fingerprint density at radius 3 is 2.82 bits per heavy atom. The van der Waals surface area contributed by atoms with Gasteiger partial charge in [0, 0.05) is 17.5 Å². The third kappa shape index (κ3) is 1.85. The van der Waals surface area contributed by atoms with Crippen LogP contribution >= 0.6 is 11.6 Å². The van der Waals surface area contributed by atoms with E-state index in [1.54, 1.807) is 12.1 Å². The van der Waals surface area contributed by atoms with Crippen molar-refractivity contribution >= 4 is 28.6 Å². The van der Waals surface area contributed by atoms with E-state index < -0.39 is 5.97 Å². The molecule has 1 fully saturated rings. The molecule has 4 nitrogen and oxygen atoms in total. The molecule has 0 saturated heterocycles. The zero-order valence-electron chi connectivity index (χ0n) is 8.85. The molecule has 17 heavy (non-hydrogen) atoms. The van der Waals surface area contributed by atoms with Gasteiger partial charge >= 0.3 is 5.97 Å². The van der Waals surface area contributed by atoms with E-state index >= 15 is 0 Å². The Bertz CT molecular complexity index is 623. The van der Waals surface area contributed by atoms with Gasteiger partial charge in [0.05, 0.1) is 16.3 Å². The number of hydrogen-bond acceptors (Lipinski definition) is 3. The van der Waals surface area contributed by atoms with Gasteiger partial charge in [-0.3, -0.25) is 0 Å². The van der Waals surface area contributed by atoms with Crippen LogP contribution in [0.2, 0.25) is 5.02 Å². The van der Waals surface area contributed by atoms with Crippen LogP contribution in [0.25, 0.3) is 11.0 Å². The first-order valence-corrected chi connectivity index (χ1v) is 5.72. The van der Waals surface area contributed by atoms with E-state index in [9.17, 15) is 4.79 Å². The summed E-state index contributed by atoms with van der Waals surface area (Å²) in [5, 5.41) is 10.1. The van der Waals surface area contributed by atoms with E-state index in [4.69, 9.17) is 16.7 Å². The van der Waals surface area contributed by atoms with Gasteiger partial charge in [-0.25, -0.2) is 14.8 Å². The zero-order chi connectivity index (χ0) is 12.0. The summed E-state index contributed by atoms with van der Waals surface area (Å²) in [6, 6.07) is 3.29. The Labute approximate surface area is 102 Å². The highest BCUT2D eigenvalue weighted by Crippen LogP contribution is 2.42. The summed E-state index contributed by atoms with van der Waals surface area (Å²) in [6.07, 6.45) is 3.55. The van der Waals surface area contributed by atoms with Crippen molar-refractivity contribution < 1.29 is 9.90 Å². The molecule has 1 saturated carbocycles. The Morgan fingerprint density at radius 1 is 1.41 bits per heavy atom. The van der Waals surface area contributed by atoms with Crippen LogP contribution in [-0.4, -0.2) is 21.0 Å². The van der Waals surface area contributed by atoms with Gasteiger partial charge in [0.1, 0.15) is 0 Å². The normalized spacial score (nSPS) is 15.1. The summed E-state index contributed by atoms with van der Waals surface area (Å²) in [7, 11) is 0. The Kier molecular flexibility index (Phi) is 2.26. The first kappa shape index (κ1) is 10.5. The molecule has 2 aromatic heterocycles. The number of carboxylic acid groups (broad SMARTS) is 1. The van der Waals surface area contributed by atoms with Crippen molar-refractivity contribution in [2.45, 2.75) is 18.8 Å². The van der Waals surface area contributed by atoms with Gasteiger partial charge < -0.3 is 5.11 Å². The predicted molar refractivity (Wildman–Crippen MR) is 63.5 cm³/mol. The molecule has 0 unspecified atom stereocenters. The average molecular weight is 249 g/mol. The molecular formula is C12H9ClN2O2. The maximum absolute atomic E-state index is 10.8. The summed E-state index contributed by atoms with van der Waals surface area (Å²) < 4.78 is 0. The minimum atomic E-state index is -0.998. The molecule has 2 aromatic rings. The maximum atomic E-state index is 10.8. The summed E-state index contributed by atoms with van der Waals surface area (Å²) in [4.78, 5) is 19.3. The summed E-state index contributed by atoms with van der Waals surface area (Å²) >= 11 is 6.13. The molecule has 0 amide bonds. The Hall–Kier alpha value is -1.68. The van der Waals surface area contributed by atoms with Crippen molar-refractivity contribution in [1.29, 1.82) is 0 Å². The Morgan fingerprint density at radius 2 is 2.18 bits per heavy atom. The van der Waals surface area contributed by atoms with Crippen LogP contribution in [-0.2, 0) is 0 Å². The lowest BCUT2D eigenvalue weighted by Crippen LogP contribution is -1.99. The third-order valence-electron chi connectivity index (χ3n) is 2.86. The molecule has 1 aliphatic carbocycles. The molecule has 0 aliphatic heterocycles. The van der Waals surface area contributed by atoms with Crippen molar-refractivity contribution in [3.63, 3.8) is 0 Å². The van der Waals surface area contributed by atoms with Gasteiger partial charge in [0.25, 0.3) is 0 Å². The van der Waals surface area contributed by atoms with Crippen LogP contribution in [0.5, 0.6) is 0 Å². The van der Waals surface area contributed by atoms with Gasteiger partial charge in [0.2, 0.25) is 0 Å². The van der Waals surface area contributed by atoms with E-state index in [-0.39, 0.29) is 5.56 Å². The maximum Gasteiger partial charge on any atom is 0.337 e. The zero-order valence-corrected chi connectivity index (χ0v) is 9.61. The smallest absolute Gasteiger partial charge is 0.337 e. The fourth-order valence-electron chi connectivity index (χ4n) is 1.81. The van der Waals surface area contributed by atoms with Crippen molar-refractivity contribution in [3.8, 4) is 0 Å². The number of halogens is 1. The predicted octanol–water partition coefficient (Wildman–Crippen LogP) is 2.86. The standard InChI is InChI=1S/C12H9ClN2O2/c13-9-4-7-3-8(12(16)17)5-14-11(7)15-10(9)6-1-2-6/h3-6H,1-2H2,(H,16,17). The third-order valence-corrected chi connectivity index (χ3v) is 3.16. The van der Waals surface area contributed by atoms with Crippen LogP contribution in [0.4, 0.5) is 0 Å². The fraction of sp³-hybridized carbons (Fsp3) is 0.250. The number of nitrogens with zero attached hydrogens (tertiary/aromatic N) is 2. The van der Waals surface area contributed by atoms with Gasteiger partial charge in [-0.2, -0.15) is 0 Å². The number of aromatic nitrogens is 2. The molecule has 0 aromatic carbocycles. The van der Waals surface area contributed by atoms with E-state index in [1.165, 1.54) is 6.20 Å². The minimum absolute atomic E-state index is 0.148. The molecule has 5 heteroatoms. The lowest BCUT2D eigenvalue weighted by Gasteiger charge is -2.04. The molecule has 0 bridgehead atoms. The highest BCUT2D eigenvalue weighted by Gasteiger charge is 2.27. The lowest BCUT2D eigenvalue weighted by atomic mass is 10.2. The first-order valence-electron chi connectivity index (χ1n) is 5.34. The minimum Gasteiger partial charge on any atom is -0.478 e. The molecule has 0 atom stereocenters. The van der Waals surface area contributed by atoms with E-state index in [2.05, 4.69) is 9.97 Å². The molecule has 86 valence electrons. The monoisotopic (exact) mass is 248 g/mol. The second-order valence-corrected chi connectivity index (χ2v) is 4.61. The van der Waals surface area contributed by atoms with Crippen molar-refractivity contribution in [2.75, 3.05) is 0 Å². The number of rotatable bonds is 2. The van der Waals surface area contributed by atoms with Crippen LogP contribution in [0.1, 0.15) is 34.8 Å². The summed E-state index contributed by atoms with van der Waals surface area (Å²) in [6.45, 7) is 0.